The van der Waals surface area contributed by atoms with Crippen LogP contribution in [0.15, 0.2) is 28.8 Å². The van der Waals surface area contributed by atoms with E-state index >= 15 is 0 Å². The first-order valence-corrected chi connectivity index (χ1v) is 6.93. The summed E-state index contributed by atoms with van der Waals surface area (Å²) in [5.41, 5.74) is 7.50. The van der Waals surface area contributed by atoms with E-state index < -0.39 is 0 Å². The Morgan fingerprint density at radius 2 is 2.00 bits per heavy atom. The molecule has 0 unspecified atom stereocenters. The van der Waals surface area contributed by atoms with E-state index in [1.54, 1.807) is 0 Å². The Kier molecular flexibility index (Phi) is 3.67. The predicted octanol–water partition coefficient (Wildman–Crippen LogP) is 2.81. The van der Waals surface area contributed by atoms with Crippen molar-refractivity contribution in [2.75, 3.05) is 23.7 Å². The lowest BCUT2D eigenvalue weighted by Crippen LogP contribution is -2.30. The van der Waals surface area contributed by atoms with Gasteiger partial charge in [-0.25, -0.2) is 0 Å². The molecule has 1 aromatic heterocycles. The Labute approximate surface area is 118 Å². The third kappa shape index (κ3) is 2.99. The van der Waals surface area contributed by atoms with Gasteiger partial charge in [0.05, 0.1) is 0 Å². The fourth-order valence-corrected chi connectivity index (χ4v) is 2.35. The van der Waals surface area contributed by atoms with Crippen LogP contribution in [-0.2, 0) is 0 Å². The Hall–Kier alpha value is -2.30. The number of hydrogen-bond acceptors (Lipinski definition) is 5. The highest BCUT2D eigenvalue weighted by Gasteiger charge is 2.15. The van der Waals surface area contributed by atoms with Gasteiger partial charge in [-0.15, -0.1) is 0 Å². The molecule has 0 bridgehead atoms. The van der Waals surface area contributed by atoms with E-state index in [-0.39, 0.29) is 0 Å². The maximum absolute atomic E-state index is 5.74. The molecule has 0 spiro atoms. The summed E-state index contributed by atoms with van der Waals surface area (Å²) in [4.78, 5) is 6.57. The molecule has 1 fully saturated rings. The fraction of sp³-hybridized carbons (Fsp3) is 0.333. The number of nitrogen functional groups attached to an aromatic ring is 1. The Morgan fingerprint density at radius 1 is 1.15 bits per heavy atom. The number of benzene rings is 1. The van der Waals surface area contributed by atoms with E-state index in [1.165, 1.54) is 19.3 Å². The second-order valence-electron chi connectivity index (χ2n) is 4.98. The molecule has 3 rings (SSSR count). The van der Waals surface area contributed by atoms with Gasteiger partial charge >= 0.3 is 0 Å². The Morgan fingerprint density at radius 3 is 2.80 bits per heavy atom. The lowest BCUT2D eigenvalue weighted by atomic mass is 10.1. The summed E-state index contributed by atoms with van der Waals surface area (Å²) >= 11 is 0. The van der Waals surface area contributed by atoms with Gasteiger partial charge in [0.1, 0.15) is 0 Å². The van der Waals surface area contributed by atoms with Crippen LogP contribution in [0.5, 0.6) is 0 Å². The second-order valence-corrected chi connectivity index (χ2v) is 4.98. The lowest BCUT2D eigenvalue weighted by molar-refractivity contribution is 0.407. The van der Waals surface area contributed by atoms with Crippen LogP contribution in [0.25, 0.3) is 12.2 Å². The number of nitrogens with zero attached hydrogens (tertiary/aromatic N) is 3. The normalized spacial score (nSPS) is 15.9. The van der Waals surface area contributed by atoms with E-state index in [0.29, 0.717) is 11.8 Å². The first kappa shape index (κ1) is 12.7. The highest BCUT2D eigenvalue weighted by atomic mass is 16.5. The minimum Gasteiger partial charge on any atom is -0.399 e. The molecule has 20 heavy (non-hydrogen) atoms. The molecule has 2 aromatic rings. The molecule has 2 N–H and O–H groups in total. The van der Waals surface area contributed by atoms with Crippen molar-refractivity contribution in [3.63, 3.8) is 0 Å². The van der Waals surface area contributed by atoms with Crippen LogP contribution < -0.4 is 10.6 Å². The van der Waals surface area contributed by atoms with Gasteiger partial charge in [-0.05, 0) is 48.2 Å². The third-order valence-corrected chi connectivity index (χ3v) is 3.40. The molecule has 1 aliphatic rings. The zero-order valence-electron chi connectivity index (χ0n) is 11.3. The first-order valence-electron chi connectivity index (χ1n) is 6.93. The molecule has 5 nitrogen and oxygen atoms in total. The largest absolute Gasteiger partial charge is 0.399 e. The predicted molar refractivity (Wildman–Crippen MR) is 80.1 cm³/mol. The molecule has 1 aliphatic heterocycles. The minimum atomic E-state index is 0.521. The van der Waals surface area contributed by atoms with E-state index in [4.69, 9.17) is 10.3 Å². The zero-order chi connectivity index (χ0) is 13.8. The monoisotopic (exact) mass is 270 g/mol. The number of hydrogen-bond donors (Lipinski definition) is 1. The molecule has 5 heteroatoms. The molecular weight excluding hydrogens is 252 g/mol. The number of nitrogens with two attached hydrogens (primary N) is 1. The molecule has 0 atom stereocenters. The van der Waals surface area contributed by atoms with Crippen molar-refractivity contribution >= 4 is 23.8 Å². The van der Waals surface area contributed by atoms with Crippen LogP contribution in [0.4, 0.5) is 11.6 Å². The fourth-order valence-electron chi connectivity index (χ4n) is 2.35. The van der Waals surface area contributed by atoms with E-state index in [1.807, 2.05) is 36.4 Å². The highest BCUT2D eigenvalue weighted by molar-refractivity contribution is 5.68. The molecule has 1 saturated heterocycles. The summed E-state index contributed by atoms with van der Waals surface area (Å²) in [5, 5.41) is 4.03. The van der Waals surface area contributed by atoms with Crippen LogP contribution >= 0.6 is 0 Å². The van der Waals surface area contributed by atoms with Crippen molar-refractivity contribution in [2.24, 2.45) is 0 Å². The molecule has 104 valence electrons. The molecular formula is C15H18N4O. The number of aromatic nitrogens is 2. The SMILES string of the molecule is Nc1cccc(/C=C/c2nc(N3CCCCC3)no2)c1. The summed E-state index contributed by atoms with van der Waals surface area (Å²) in [6, 6.07) is 7.66. The minimum absolute atomic E-state index is 0.521. The van der Waals surface area contributed by atoms with Gasteiger partial charge in [0, 0.05) is 24.9 Å². The maximum atomic E-state index is 5.74. The molecule has 0 aliphatic carbocycles. The Bertz CT molecular complexity index is 599. The van der Waals surface area contributed by atoms with Crippen molar-refractivity contribution in [3.8, 4) is 0 Å². The van der Waals surface area contributed by atoms with Crippen LogP contribution in [0, 0.1) is 0 Å². The molecule has 0 saturated carbocycles. The zero-order valence-corrected chi connectivity index (χ0v) is 11.3. The van der Waals surface area contributed by atoms with Gasteiger partial charge in [-0.2, -0.15) is 4.98 Å². The molecule has 2 heterocycles. The number of piperidine rings is 1. The second kappa shape index (κ2) is 5.77. The van der Waals surface area contributed by atoms with Gasteiger partial charge in [0.15, 0.2) is 0 Å². The van der Waals surface area contributed by atoms with Crippen molar-refractivity contribution in [1.82, 2.24) is 10.1 Å². The van der Waals surface area contributed by atoms with Gasteiger partial charge in [0.25, 0.3) is 11.8 Å². The van der Waals surface area contributed by atoms with Crippen molar-refractivity contribution < 1.29 is 4.52 Å². The van der Waals surface area contributed by atoms with E-state index in [0.717, 1.165) is 24.3 Å². The lowest BCUT2D eigenvalue weighted by Gasteiger charge is -2.24. The molecule has 0 amide bonds. The van der Waals surface area contributed by atoms with Crippen molar-refractivity contribution in [2.45, 2.75) is 19.3 Å². The third-order valence-electron chi connectivity index (χ3n) is 3.40. The highest BCUT2D eigenvalue weighted by Crippen LogP contribution is 2.17. The summed E-state index contributed by atoms with van der Waals surface area (Å²) < 4.78 is 5.25. The van der Waals surface area contributed by atoms with Crippen LogP contribution in [0.2, 0.25) is 0 Å². The summed E-state index contributed by atoms with van der Waals surface area (Å²) in [7, 11) is 0. The molecule has 0 radical (unpaired) electrons. The summed E-state index contributed by atoms with van der Waals surface area (Å²) in [6.07, 6.45) is 7.42. The number of rotatable bonds is 3. The van der Waals surface area contributed by atoms with Gasteiger partial charge in [-0.3, -0.25) is 0 Å². The van der Waals surface area contributed by atoms with E-state index in [9.17, 15) is 0 Å². The average Bonchev–Trinajstić information content (AvgIpc) is 2.95. The number of anilines is 2. The Balaban J connectivity index is 1.70. The van der Waals surface area contributed by atoms with Gasteiger partial charge in [-0.1, -0.05) is 12.1 Å². The quantitative estimate of drug-likeness (QED) is 0.868. The van der Waals surface area contributed by atoms with E-state index in [2.05, 4.69) is 15.0 Å². The van der Waals surface area contributed by atoms with Gasteiger partial charge in [0.2, 0.25) is 0 Å². The smallest absolute Gasteiger partial charge is 0.266 e. The standard InChI is InChI=1S/C15H18N4O/c16-13-6-4-5-12(11-13)7-8-14-17-15(18-20-14)19-9-2-1-3-10-19/h4-8,11H,1-3,9-10,16H2/b8-7+. The maximum Gasteiger partial charge on any atom is 0.266 e. The van der Waals surface area contributed by atoms with Crippen LogP contribution in [0.3, 0.4) is 0 Å². The van der Waals surface area contributed by atoms with Crippen molar-refractivity contribution in [3.05, 3.63) is 35.7 Å². The van der Waals surface area contributed by atoms with Crippen LogP contribution in [0.1, 0.15) is 30.7 Å². The van der Waals surface area contributed by atoms with Crippen LogP contribution in [-0.4, -0.2) is 23.2 Å². The summed E-state index contributed by atoms with van der Waals surface area (Å²) in [6.45, 7) is 2.02. The molecule has 1 aromatic carbocycles. The topological polar surface area (TPSA) is 68.2 Å². The van der Waals surface area contributed by atoms with Crippen molar-refractivity contribution in [1.29, 1.82) is 0 Å². The summed E-state index contributed by atoms with van der Waals surface area (Å²) in [5.74, 6) is 1.21. The van der Waals surface area contributed by atoms with Gasteiger partial charge < -0.3 is 15.2 Å². The average molecular weight is 270 g/mol. The first-order chi connectivity index (χ1) is 9.81.